The minimum Gasteiger partial charge on any atom is -0.343 e. The summed E-state index contributed by atoms with van der Waals surface area (Å²) in [5.41, 5.74) is 2.81. The quantitative estimate of drug-likeness (QED) is 0.766. The zero-order chi connectivity index (χ0) is 12.0. The number of para-hydroxylation sites is 1. The van der Waals surface area contributed by atoms with Crippen molar-refractivity contribution < 1.29 is 0 Å². The minimum atomic E-state index is 0.656. The molecule has 0 saturated heterocycles. The van der Waals surface area contributed by atoms with Crippen LogP contribution in [-0.2, 0) is 0 Å². The van der Waals surface area contributed by atoms with Gasteiger partial charge in [-0.25, -0.2) is 0 Å². The summed E-state index contributed by atoms with van der Waals surface area (Å²) >= 11 is 0. The van der Waals surface area contributed by atoms with Crippen molar-refractivity contribution in [1.29, 1.82) is 0 Å². The molecule has 2 unspecified atom stereocenters. The van der Waals surface area contributed by atoms with Gasteiger partial charge in [0.2, 0.25) is 0 Å². The van der Waals surface area contributed by atoms with E-state index >= 15 is 0 Å². The Labute approximate surface area is 103 Å². The Morgan fingerprint density at radius 1 is 1.18 bits per heavy atom. The highest BCUT2D eigenvalue weighted by Crippen LogP contribution is 2.38. The molecule has 1 aromatic carbocycles. The Bertz CT molecular complexity index is 539. The number of aromatic nitrogens is 1. The van der Waals surface area contributed by atoms with Crippen molar-refractivity contribution in [3.63, 3.8) is 0 Å². The van der Waals surface area contributed by atoms with Gasteiger partial charge in [0.1, 0.15) is 0 Å². The third kappa shape index (κ3) is 1.59. The maximum absolute atomic E-state index is 2.48. The van der Waals surface area contributed by atoms with Crippen LogP contribution in [0.2, 0.25) is 0 Å². The van der Waals surface area contributed by atoms with Crippen molar-refractivity contribution in [2.45, 2.75) is 31.8 Å². The molecule has 0 radical (unpaired) electrons. The Morgan fingerprint density at radius 3 is 2.65 bits per heavy atom. The summed E-state index contributed by atoms with van der Waals surface area (Å²) in [7, 11) is 4.38. The molecule has 0 spiro atoms. The van der Waals surface area contributed by atoms with Crippen LogP contribution < -0.4 is 0 Å². The van der Waals surface area contributed by atoms with E-state index in [-0.39, 0.29) is 0 Å². The zero-order valence-electron chi connectivity index (χ0n) is 10.9. The minimum absolute atomic E-state index is 0.656. The van der Waals surface area contributed by atoms with Gasteiger partial charge in [-0.1, -0.05) is 18.2 Å². The molecule has 3 rings (SSSR count). The average molecular weight is 228 g/mol. The maximum atomic E-state index is 2.48. The number of rotatable bonds is 2. The number of hydrogen-bond donors (Lipinski definition) is 0. The zero-order valence-corrected chi connectivity index (χ0v) is 10.9. The van der Waals surface area contributed by atoms with E-state index in [9.17, 15) is 0 Å². The van der Waals surface area contributed by atoms with E-state index in [0.717, 1.165) is 0 Å². The van der Waals surface area contributed by atoms with Gasteiger partial charge >= 0.3 is 0 Å². The lowest BCUT2D eigenvalue weighted by Crippen LogP contribution is -2.44. The first-order valence-electron chi connectivity index (χ1n) is 6.41. The van der Waals surface area contributed by atoms with Gasteiger partial charge in [-0.05, 0) is 50.9 Å². The van der Waals surface area contributed by atoms with Gasteiger partial charge < -0.3 is 9.47 Å². The van der Waals surface area contributed by atoms with E-state index in [0.29, 0.717) is 12.1 Å². The molecular formula is C15H20N2. The summed E-state index contributed by atoms with van der Waals surface area (Å²) < 4.78 is 2.48. The Balaban J connectivity index is 2.06. The molecule has 1 aliphatic rings. The average Bonchev–Trinajstić information content (AvgIpc) is 2.61. The van der Waals surface area contributed by atoms with Crippen LogP contribution in [0.25, 0.3) is 10.9 Å². The normalized spacial score (nSPS) is 24.2. The monoisotopic (exact) mass is 228 g/mol. The van der Waals surface area contributed by atoms with E-state index in [1.807, 2.05) is 0 Å². The van der Waals surface area contributed by atoms with E-state index in [1.54, 1.807) is 0 Å². The molecule has 17 heavy (non-hydrogen) atoms. The van der Waals surface area contributed by atoms with Gasteiger partial charge in [0, 0.05) is 18.3 Å². The van der Waals surface area contributed by atoms with Crippen molar-refractivity contribution in [2.75, 3.05) is 14.1 Å². The molecule has 1 saturated carbocycles. The van der Waals surface area contributed by atoms with Crippen molar-refractivity contribution in [3.8, 4) is 0 Å². The standard InChI is InChI=1S/C15H20N2/c1-11-5-4-6-12-9-10-17(15(11)12)14-8-7-13(14)16(2)3/h4-6,9-10,13-14H,7-8H2,1-3H3. The highest BCUT2D eigenvalue weighted by Gasteiger charge is 2.34. The fraction of sp³-hybridized carbons (Fsp3) is 0.467. The lowest BCUT2D eigenvalue weighted by molar-refractivity contribution is 0.116. The van der Waals surface area contributed by atoms with Crippen LogP contribution in [0.5, 0.6) is 0 Å². The van der Waals surface area contributed by atoms with Gasteiger partial charge in [0.25, 0.3) is 0 Å². The van der Waals surface area contributed by atoms with Crippen molar-refractivity contribution in [1.82, 2.24) is 9.47 Å². The highest BCUT2D eigenvalue weighted by molar-refractivity contribution is 5.83. The summed E-state index contributed by atoms with van der Waals surface area (Å²) in [5, 5.41) is 1.37. The largest absolute Gasteiger partial charge is 0.343 e. The first kappa shape index (κ1) is 10.8. The second-order valence-electron chi connectivity index (χ2n) is 5.41. The molecule has 2 heteroatoms. The molecule has 2 nitrogen and oxygen atoms in total. The lowest BCUT2D eigenvalue weighted by Gasteiger charge is -2.42. The number of likely N-dealkylation sites (N-methyl/N-ethyl adjacent to an activating group) is 1. The van der Waals surface area contributed by atoms with E-state index in [1.165, 1.54) is 29.3 Å². The van der Waals surface area contributed by atoms with Crippen LogP contribution in [0.15, 0.2) is 30.5 Å². The fourth-order valence-corrected chi connectivity index (χ4v) is 3.07. The maximum Gasteiger partial charge on any atom is 0.0513 e. The molecule has 0 bridgehead atoms. The summed E-state index contributed by atoms with van der Waals surface area (Å²) in [6.07, 6.45) is 4.89. The van der Waals surface area contributed by atoms with Crippen LogP contribution in [0.4, 0.5) is 0 Å². The molecule has 1 heterocycles. The molecule has 2 atom stereocenters. The van der Waals surface area contributed by atoms with E-state index in [4.69, 9.17) is 0 Å². The Hall–Kier alpha value is -1.28. The summed E-state index contributed by atoms with van der Waals surface area (Å²) in [6.45, 7) is 2.21. The SMILES string of the molecule is Cc1cccc2ccn(C3CCC3N(C)C)c12. The first-order valence-corrected chi connectivity index (χ1v) is 6.41. The summed E-state index contributed by atoms with van der Waals surface area (Å²) in [5.74, 6) is 0. The number of nitrogens with zero attached hydrogens (tertiary/aromatic N) is 2. The Kier molecular flexibility index (Phi) is 2.48. The third-order valence-corrected chi connectivity index (χ3v) is 4.16. The number of fused-ring (bicyclic) bond motifs is 1. The van der Waals surface area contributed by atoms with Crippen LogP contribution in [-0.4, -0.2) is 29.6 Å². The van der Waals surface area contributed by atoms with E-state index in [2.05, 4.69) is 60.9 Å². The van der Waals surface area contributed by atoms with Crippen LogP contribution in [0.3, 0.4) is 0 Å². The second kappa shape index (κ2) is 3.88. The molecule has 0 N–H and O–H groups in total. The smallest absolute Gasteiger partial charge is 0.0513 e. The van der Waals surface area contributed by atoms with Gasteiger partial charge in [0.05, 0.1) is 5.52 Å². The van der Waals surface area contributed by atoms with Crippen molar-refractivity contribution in [2.24, 2.45) is 0 Å². The third-order valence-electron chi connectivity index (χ3n) is 4.16. The number of hydrogen-bond acceptors (Lipinski definition) is 1. The second-order valence-corrected chi connectivity index (χ2v) is 5.41. The molecular weight excluding hydrogens is 208 g/mol. The summed E-state index contributed by atoms with van der Waals surface area (Å²) in [6, 6.07) is 10.2. The highest BCUT2D eigenvalue weighted by atomic mass is 15.2. The van der Waals surface area contributed by atoms with Crippen LogP contribution in [0.1, 0.15) is 24.4 Å². The van der Waals surface area contributed by atoms with Crippen molar-refractivity contribution >= 4 is 10.9 Å². The van der Waals surface area contributed by atoms with Crippen molar-refractivity contribution in [3.05, 3.63) is 36.0 Å². The molecule has 1 aliphatic carbocycles. The van der Waals surface area contributed by atoms with Gasteiger partial charge in [-0.3, -0.25) is 0 Å². The molecule has 0 amide bonds. The molecule has 0 aliphatic heterocycles. The molecule has 1 fully saturated rings. The predicted octanol–water partition coefficient (Wildman–Crippen LogP) is 3.21. The van der Waals surface area contributed by atoms with Crippen LogP contribution >= 0.6 is 0 Å². The predicted molar refractivity (Wildman–Crippen MR) is 72.4 cm³/mol. The number of aryl methyl sites for hydroxylation is 1. The molecule has 90 valence electrons. The fourth-order valence-electron chi connectivity index (χ4n) is 3.07. The van der Waals surface area contributed by atoms with E-state index < -0.39 is 0 Å². The molecule has 1 aromatic heterocycles. The van der Waals surface area contributed by atoms with Crippen LogP contribution in [0, 0.1) is 6.92 Å². The first-order chi connectivity index (χ1) is 8.18. The van der Waals surface area contributed by atoms with Gasteiger partial charge in [0.15, 0.2) is 0 Å². The topological polar surface area (TPSA) is 8.17 Å². The summed E-state index contributed by atoms with van der Waals surface area (Å²) in [4.78, 5) is 2.36. The van der Waals surface area contributed by atoms with Gasteiger partial charge in [-0.15, -0.1) is 0 Å². The molecule has 2 aromatic rings. The number of benzene rings is 1. The van der Waals surface area contributed by atoms with Gasteiger partial charge in [-0.2, -0.15) is 0 Å². The Morgan fingerprint density at radius 2 is 2.00 bits per heavy atom. The lowest BCUT2D eigenvalue weighted by atomic mass is 9.85.